The molecule has 5 nitrogen and oxygen atoms in total. The standard InChI is InChI=1S/C9H14N2O3S/c1-9(13)6(4-7(12)14-2)5-10-8(11-9)15-3/h5,13H,4H2,1-3H3,(H,10,11). The van der Waals surface area contributed by atoms with Gasteiger partial charge in [-0.15, -0.1) is 0 Å². The molecular weight excluding hydrogens is 216 g/mol. The average molecular weight is 230 g/mol. The van der Waals surface area contributed by atoms with Gasteiger partial charge in [0, 0.05) is 11.8 Å². The zero-order valence-electron chi connectivity index (χ0n) is 8.90. The lowest BCUT2D eigenvalue weighted by atomic mass is 10.0. The number of amidine groups is 1. The van der Waals surface area contributed by atoms with Crippen LogP contribution in [0.3, 0.4) is 0 Å². The van der Waals surface area contributed by atoms with Crippen LogP contribution in [0.5, 0.6) is 0 Å². The number of methoxy groups -OCH3 is 1. The van der Waals surface area contributed by atoms with E-state index in [2.05, 4.69) is 15.0 Å². The molecule has 0 amide bonds. The lowest BCUT2D eigenvalue weighted by Crippen LogP contribution is -2.35. The topological polar surface area (TPSA) is 70.9 Å². The highest BCUT2D eigenvalue weighted by molar-refractivity contribution is 8.13. The number of carbonyl (C=O) groups is 1. The number of aliphatic imine (C=N–C) groups is 1. The number of nitrogens with one attached hydrogen (secondary N) is 1. The molecule has 1 unspecified atom stereocenters. The molecule has 0 radical (unpaired) electrons. The first-order valence-corrected chi connectivity index (χ1v) is 5.61. The molecule has 0 fully saturated rings. The SMILES string of the molecule is COC(=O)CC1=CNC(SC)=NC1(C)O. The second-order valence-corrected chi connectivity index (χ2v) is 4.00. The van der Waals surface area contributed by atoms with Crippen molar-refractivity contribution in [1.82, 2.24) is 5.32 Å². The summed E-state index contributed by atoms with van der Waals surface area (Å²) in [5, 5.41) is 13.5. The molecule has 0 aliphatic carbocycles. The van der Waals surface area contributed by atoms with Gasteiger partial charge in [0.2, 0.25) is 0 Å². The number of rotatable bonds is 2. The molecule has 0 aromatic carbocycles. The fourth-order valence-corrected chi connectivity index (χ4v) is 1.58. The second kappa shape index (κ2) is 4.67. The van der Waals surface area contributed by atoms with E-state index in [1.807, 2.05) is 6.26 Å². The largest absolute Gasteiger partial charge is 0.469 e. The number of carbonyl (C=O) groups excluding carboxylic acids is 1. The first-order chi connectivity index (χ1) is 6.99. The van der Waals surface area contributed by atoms with Crippen molar-refractivity contribution >= 4 is 22.9 Å². The van der Waals surface area contributed by atoms with Crippen molar-refractivity contribution in [3.05, 3.63) is 11.8 Å². The van der Waals surface area contributed by atoms with Gasteiger partial charge >= 0.3 is 5.97 Å². The molecule has 84 valence electrons. The second-order valence-electron chi connectivity index (χ2n) is 3.21. The summed E-state index contributed by atoms with van der Waals surface area (Å²) in [4.78, 5) is 15.1. The van der Waals surface area contributed by atoms with Crippen molar-refractivity contribution in [1.29, 1.82) is 0 Å². The van der Waals surface area contributed by atoms with E-state index in [1.54, 1.807) is 13.1 Å². The van der Waals surface area contributed by atoms with Crippen molar-refractivity contribution in [2.24, 2.45) is 4.99 Å². The molecule has 1 atom stereocenters. The summed E-state index contributed by atoms with van der Waals surface area (Å²) in [7, 11) is 1.31. The Morgan fingerprint density at radius 2 is 2.47 bits per heavy atom. The van der Waals surface area contributed by atoms with Crippen LogP contribution in [0.25, 0.3) is 0 Å². The Kier molecular flexibility index (Phi) is 3.76. The molecule has 0 spiro atoms. The molecular formula is C9H14N2O3S. The van der Waals surface area contributed by atoms with Gasteiger partial charge in [0.15, 0.2) is 10.9 Å². The van der Waals surface area contributed by atoms with Gasteiger partial charge in [-0.05, 0) is 13.2 Å². The maximum atomic E-state index is 11.1. The van der Waals surface area contributed by atoms with E-state index in [1.165, 1.54) is 18.9 Å². The number of hydrogen-bond donors (Lipinski definition) is 2. The van der Waals surface area contributed by atoms with Crippen molar-refractivity contribution in [3.63, 3.8) is 0 Å². The molecule has 0 aromatic rings. The molecule has 2 N–H and O–H groups in total. The van der Waals surface area contributed by atoms with E-state index in [4.69, 9.17) is 0 Å². The van der Waals surface area contributed by atoms with Crippen molar-refractivity contribution < 1.29 is 14.6 Å². The highest BCUT2D eigenvalue weighted by atomic mass is 32.2. The third-order valence-corrected chi connectivity index (χ3v) is 2.65. The van der Waals surface area contributed by atoms with E-state index in [9.17, 15) is 9.90 Å². The summed E-state index contributed by atoms with van der Waals surface area (Å²) < 4.78 is 4.53. The Hall–Kier alpha value is -1.01. The van der Waals surface area contributed by atoms with Crippen LogP contribution in [-0.2, 0) is 9.53 Å². The molecule has 6 heteroatoms. The molecule has 1 heterocycles. The third-order valence-electron chi connectivity index (χ3n) is 2.05. The molecule has 0 saturated carbocycles. The quantitative estimate of drug-likeness (QED) is 0.674. The lowest BCUT2D eigenvalue weighted by Gasteiger charge is -2.26. The predicted molar refractivity (Wildman–Crippen MR) is 59.4 cm³/mol. The van der Waals surface area contributed by atoms with E-state index in [0.29, 0.717) is 10.7 Å². The van der Waals surface area contributed by atoms with E-state index in [-0.39, 0.29) is 6.42 Å². The Bertz CT molecular complexity index is 323. The molecule has 0 saturated heterocycles. The van der Waals surface area contributed by atoms with Crippen LogP contribution in [0.2, 0.25) is 0 Å². The van der Waals surface area contributed by atoms with Gasteiger partial charge in [0.25, 0.3) is 0 Å². The van der Waals surface area contributed by atoms with Gasteiger partial charge < -0.3 is 15.2 Å². The first kappa shape index (κ1) is 12.1. The van der Waals surface area contributed by atoms with Gasteiger partial charge in [-0.2, -0.15) is 0 Å². The summed E-state index contributed by atoms with van der Waals surface area (Å²) in [6, 6.07) is 0. The van der Waals surface area contributed by atoms with Gasteiger partial charge in [-0.3, -0.25) is 4.79 Å². The minimum Gasteiger partial charge on any atom is -0.469 e. The number of ether oxygens (including phenoxy) is 1. The van der Waals surface area contributed by atoms with Crippen LogP contribution in [-0.4, -0.2) is 35.3 Å². The highest BCUT2D eigenvalue weighted by Crippen LogP contribution is 2.25. The average Bonchev–Trinajstić information content (AvgIpc) is 2.20. The fourth-order valence-electron chi connectivity index (χ4n) is 1.14. The summed E-state index contributed by atoms with van der Waals surface area (Å²) >= 11 is 1.39. The molecule has 1 rings (SSSR count). The number of aliphatic hydroxyl groups is 1. The van der Waals surface area contributed by atoms with Crippen LogP contribution in [0.1, 0.15) is 13.3 Å². The van der Waals surface area contributed by atoms with E-state index < -0.39 is 11.7 Å². The van der Waals surface area contributed by atoms with Gasteiger partial charge in [-0.25, -0.2) is 4.99 Å². The number of nitrogens with zero attached hydrogens (tertiary/aromatic N) is 1. The minimum atomic E-state index is -1.34. The molecule has 1 aliphatic rings. The monoisotopic (exact) mass is 230 g/mol. The first-order valence-electron chi connectivity index (χ1n) is 4.38. The Balaban J connectivity index is 2.77. The molecule has 1 aliphatic heterocycles. The number of hydrogen-bond acceptors (Lipinski definition) is 6. The maximum absolute atomic E-state index is 11.1. The van der Waals surface area contributed by atoms with Crippen LogP contribution in [0.15, 0.2) is 16.8 Å². The normalized spacial score (nSPS) is 25.1. The molecule has 0 aromatic heterocycles. The smallest absolute Gasteiger partial charge is 0.309 e. The zero-order chi connectivity index (χ0) is 11.5. The highest BCUT2D eigenvalue weighted by Gasteiger charge is 2.30. The minimum absolute atomic E-state index is 0.0294. The van der Waals surface area contributed by atoms with Crippen molar-refractivity contribution in [2.75, 3.05) is 13.4 Å². The zero-order valence-corrected chi connectivity index (χ0v) is 9.72. The van der Waals surface area contributed by atoms with Gasteiger partial charge in [0.1, 0.15) is 0 Å². The maximum Gasteiger partial charge on any atom is 0.309 e. The van der Waals surface area contributed by atoms with Crippen molar-refractivity contribution in [3.8, 4) is 0 Å². The van der Waals surface area contributed by atoms with Crippen LogP contribution < -0.4 is 5.32 Å². The van der Waals surface area contributed by atoms with Crippen LogP contribution >= 0.6 is 11.8 Å². The van der Waals surface area contributed by atoms with Crippen LogP contribution in [0, 0.1) is 0 Å². The van der Waals surface area contributed by atoms with E-state index in [0.717, 1.165) is 0 Å². The Labute approximate surface area is 92.6 Å². The van der Waals surface area contributed by atoms with E-state index >= 15 is 0 Å². The van der Waals surface area contributed by atoms with Crippen LogP contribution in [0.4, 0.5) is 0 Å². The molecule has 15 heavy (non-hydrogen) atoms. The Morgan fingerprint density at radius 3 is 2.93 bits per heavy atom. The summed E-state index contributed by atoms with van der Waals surface area (Å²) in [6.07, 6.45) is 3.47. The number of esters is 1. The molecule has 0 bridgehead atoms. The summed E-state index contributed by atoms with van der Waals surface area (Å²) in [5.41, 5.74) is -0.843. The summed E-state index contributed by atoms with van der Waals surface area (Å²) in [5.74, 6) is -0.397. The van der Waals surface area contributed by atoms with Gasteiger partial charge in [-0.1, -0.05) is 11.8 Å². The van der Waals surface area contributed by atoms with Crippen molar-refractivity contribution in [2.45, 2.75) is 19.1 Å². The predicted octanol–water partition coefficient (Wildman–Crippen LogP) is 0.464. The Morgan fingerprint density at radius 1 is 1.80 bits per heavy atom. The fraction of sp³-hybridized carbons (Fsp3) is 0.556. The van der Waals surface area contributed by atoms with Gasteiger partial charge in [0.05, 0.1) is 13.5 Å². The summed E-state index contributed by atoms with van der Waals surface area (Å²) in [6.45, 7) is 1.54. The third kappa shape index (κ3) is 2.97. The number of thioether (sulfide) groups is 1. The lowest BCUT2D eigenvalue weighted by molar-refractivity contribution is -0.140.